The lowest BCUT2D eigenvalue weighted by molar-refractivity contribution is 0.325. The molecule has 106 valence electrons. The first-order valence-electron chi connectivity index (χ1n) is 6.97. The highest BCUT2D eigenvalue weighted by Crippen LogP contribution is 2.27. The Balaban J connectivity index is 2.14. The van der Waals surface area contributed by atoms with Crippen LogP contribution < -0.4 is 10.2 Å². The Bertz CT molecular complexity index is 448. The molecule has 1 saturated heterocycles. The van der Waals surface area contributed by atoms with E-state index in [4.69, 9.17) is 0 Å². The van der Waals surface area contributed by atoms with Gasteiger partial charge in [-0.25, -0.2) is 8.78 Å². The van der Waals surface area contributed by atoms with Gasteiger partial charge in [0, 0.05) is 25.2 Å². The van der Waals surface area contributed by atoms with Crippen molar-refractivity contribution in [2.24, 2.45) is 5.92 Å². The Morgan fingerprint density at radius 2 is 2.05 bits per heavy atom. The second-order valence-electron chi connectivity index (χ2n) is 5.43. The molecule has 1 fully saturated rings. The van der Waals surface area contributed by atoms with Crippen LogP contribution in [0.3, 0.4) is 0 Å². The zero-order valence-electron chi connectivity index (χ0n) is 11.8. The SMILES string of the molecule is CCNC1CCN(c2cc(F)c(C)cc2F)CC1C. The van der Waals surface area contributed by atoms with Gasteiger partial charge in [0.15, 0.2) is 0 Å². The van der Waals surface area contributed by atoms with Crippen LogP contribution in [0, 0.1) is 24.5 Å². The topological polar surface area (TPSA) is 15.3 Å². The van der Waals surface area contributed by atoms with Crippen LogP contribution in [0.4, 0.5) is 14.5 Å². The molecule has 2 atom stereocenters. The van der Waals surface area contributed by atoms with E-state index in [1.165, 1.54) is 12.1 Å². The van der Waals surface area contributed by atoms with Crippen molar-refractivity contribution in [1.29, 1.82) is 0 Å². The van der Waals surface area contributed by atoms with Crippen molar-refractivity contribution in [3.05, 3.63) is 29.3 Å². The standard InChI is InChI=1S/C15H22F2N2/c1-4-18-14-5-6-19(9-11(14)3)15-8-12(16)10(2)7-13(15)17/h7-8,11,14,18H,4-6,9H2,1-3H3. The molecular weight excluding hydrogens is 246 g/mol. The van der Waals surface area contributed by atoms with Crippen LogP contribution in [0.15, 0.2) is 12.1 Å². The predicted molar refractivity (Wildman–Crippen MR) is 74.6 cm³/mol. The third-order valence-electron chi connectivity index (χ3n) is 3.94. The van der Waals surface area contributed by atoms with Crippen molar-refractivity contribution < 1.29 is 8.78 Å². The van der Waals surface area contributed by atoms with Gasteiger partial charge in [0.2, 0.25) is 0 Å². The maximum Gasteiger partial charge on any atom is 0.146 e. The van der Waals surface area contributed by atoms with E-state index in [1.807, 2.05) is 4.90 Å². The van der Waals surface area contributed by atoms with Crippen molar-refractivity contribution >= 4 is 5.69 Å². The summed E-state index contributed by atoms with van der Waals surface area (Å²) in [6.07, 6.45) is 0.962. The van der Waals surface area contributed by atoms with Crippen LogP contribution in [0.1, 0.15) is 25.8 Å². The molecule has 2 rings (SSSR count). The number of hydrogen-bond donors (Lipinski definition) is 1. The fraction of sp³-hybridized carbons (Fsp3) is 0.600. The largest absolute Gasteiger partial charge is 0.369 e. The maximum atomic E-state index is 14.0. The first kappa shape index (κ1) is 14.3. The van der Waals surface area contributed by atoms with Gasteiger partial charge in [-0.2, -0.15) is 0 Å². The second-order valence-corrected chi connectivity index (χ2v) is 5.43. The number of aryl methyl sites for hydroxylation is 1. The molecule has 0 aromatic heterocycles. The lowest BCUT2D eigenvalue weighted by atomic mass is 9.93. The van der Waals surface area contributed by atoms with Crippen molar-refractivity contribution in [3.63, 3.8) is 0 Å². The van der Waals surface area contributed by atoms with Gasteiger partial charge in [-0.3, -0.25) is 0 Å². The van der Waals surface area contributed by atoms with Gasteiger partial charge >= 0.3 is 0 Å². The van der Waals surface area contributed by atoms with Gasteiger partial charge in [0.25, 0.3) is 0 Å². The maximum absolute atomic E-state index is 14.0. The Morgan fingerprint density at radius 1 is 1.32 bits per heavy atom. The third-order valence-corrected chi connectivity index (χ3v) is 3.94. The molecule has 0 spiro atoms. The highest BCUT2D eigenvalue weighted by Gasteiger charge is 2.27. The Labute approximate surface area is 113 Å². The summed E-state index contributed by atoms with van der Waals surface area (Å²) in [4.78, 5) is 1.95. The molecule has 0 bridgehead atoms. The van der Waals surface area contributed by atoms with E-state index in [0.717, 1.165) is 26.1 Å². The number of hydrogen-bond acceptors (Lipinski definition) is 2. The molecular formula is C15H22F2N2. The van der Waals surface area contributed by atoms with Crippen LogP contribution in [0.5, 0.6) is 0 Å². The zero-order chi connectivity index (χ0) is 14.0. The molecule has 19 heavy (non-hydrogen) atoms. The Hall–Kier alpha value is -1.16. The molecule has 1 aliphatic rings. The molecule has 1 N–H and O–H groups in total. The molecule has 1 aromatic carbocycles. The number of nitrogens with one attached hydrogen (secondary N) is 1. The quantitative estimate of drug-likeness (QED) is 0.906. The number of halogens is 2. The summed E-state index contributed by atoms with van der Waals surface area (Å²) in [5, 5.41) is 3.45. The van der Waals surface area contributed by atoms with Gasteiger partial charge in [0.1, 0.15) is 11.6 Å². The van der Waals surface area contributed by atoms with E-state index in [1.54, 1.807) is 6.92 Å². The molecule has 0 saturated carbocycles. The lowest BCUT2D eigenvalue weighted by Crippen LogP contribution is -2.48. The highest BCUT2D eigenvalue weighted by molar-refractivity contribution is 5.50. The second kappa shape index (κ2) is 5.87. The molecule has 2 unspecified atom stereocenters. The first-order chi connectivity index (χ1) is 9.02. The molecule has 1 aliphatic heterocycles. The molecule has 0 aliphatic carbocycles. The number of anilines is 1. The van der Waals surface area contributed by atoms with Crippen LogP contribution in [0.25, 0.3) is 0 Å². The number of rotatable bonds is 3. The van der Waals surface area contributed by atoms with Crippen molar-refractivity contribution in [2.45, 2.75) is 33.2 Å². The molecule has 0 radical (unpaired) electrons. The van der Waals surface area contributed by atoms with Gasteiger partial charge < -0.3 is 10.2 Å². The van der Waals surface area contributed by atoms with Crippen LogP contribution >= 0.6 is 0 Å². The summed E-state index contributed by atoms with van der Waals surface area (Å²) in [6.45, 7) is 8.30. The van der Waals surface area contributed by atoms with Crippen LogP contribution in [0.2, 0.25) is 0 Å². The number of nitrogens with zero attached hydrogens (tertiary/aromatic N) is 1. The molecule has 2 nitrogen and oxygen atoms in total. The summed E-state index contributed by atoms with van der Waals surface area (Å²) in [5.74, 6) is -0.233. The minimum atomic E-state index is -0.335. The first-order valence-corrected chi connectivity index (χ1v) is 6.97. The number of piperidine rings is 1. The van der Waals surface area contributed by atoms with E-state index in [2.05, 4.69) is 19.2 Å². The Kier molecular flexibility index (Phi) is 4.40. The highest BCUT2D eigenvalue weighted by atomic mass is 19.1. The lowest BCUT2D eigenvalue weighted by Gasteiger charge is -2.38. The number of benzene rings is 1. The smallest absolute Gasteiger partial charge is 0.146 e. The molecule has 4 heteroatoms. The third kappa shape index (κ3) is 3.06. The fourth-order valence-corrected chi connectivity index (χ4v) is 2.81. The summed E-state index contributed by atoms with van der Waals surface area (Å²) in [6, 6.07) is 3.08. The van der Waals surface area contributed by atoms with Gasteiger partial charge in [-0.15, -0.1) is 0 Å². The minimum absolute atomic E-state index is 0.326. The van der Waals surface area contributed by atoms with Gasteiger partial charge in [0.05, 0.1) is 5.69 Å². The molecule has 1 heterocycles. The zero-order valence-corrected chi connectivity index (χ0v) is 11.8. The summed E-state index contributed by atoms with van der Waals surface area (Å²) in [7, 11) is 0. The summed E-state index contributed by atoms with van der Waals surface area (Å²) < 4.78 is 27.6. The van der Waals surface area contributed by atoms with E-state index in [9.17, 15) is 8.78 Å². The molecule has 0 amide bonds. The summed E-state index contributed by atoms with van der Waals surface area (Å²) >= 11 is 0. The average Bonchev–Trinajstić information content (AvgIpc) is 2.36. The van der Waals surface area contributed by atoms with Crippen molar-refractivity contribution in [1.82, 2.24) is 5.32 Å². The van der Waals surface area contributed by atoms with E-state index >= 15 is 0 Å². The monoisotopic (exact) mass is 268 g/mol. The summed E-state index contributed by atoms with van der Waals surface area (Å²) in [5.41, 5.74) is 0.752. The van der Waals surface area contributed by atoms with E-state index in [-0.39, 0.29) is 11.6 Å². The minimum Gasteiger partial charge on any atom is -0.369 e. The van der Waals surface area contributed by atoms with Crippen LogP contribution in [-0.4, -0.2) is 25.7 Å². The van der Waals surface area contributed by atoms with Crippen LogP contribution in [-0.2, 0) is 0 Å². The predicted octanol–water partition coefficient (Wildman–Crippen LogP) is 3.10. The van der Waals surface area contributed by atoms with E-state index < -0.39 is 0 Å². The van der Waals surface area contributed by atoms with Gasteiger partial charge in [-0.1, -0.05) is 13.8 Å². The average molecular weight is 268 g/mol. The van der Waals surface area contributed by atoms with Gasteiger partial charge in [-0.05, 0) is 37.4 Å². The molecule has 1 aromatic rings. The normalized spacial score (nSPS) is 23.7. The van der Waals surface area contributed by atoms with Crippen molar-refractivity contribution in [2.75, 3.05) is 24.5 Å². The fourth-order valence-electron chi connectivity index (χ4n) is 2.81. The Morgan fingerprint density at radius 3 is 2.68 bits per heavy atom. The van der Waals surface area contributed by atoms with E-state index in [0.29, 0.717) is 23.2 Å². The van der Waals surface area contributed by atoms with Crippen molar-refractivity contribution in [3.8, 4) is 0 Å².